The zero-order chi connectivity index (χ0) is 14.6. The van der Waals surface area contributed by atoms with Crippen LogP contribution >= 0.6 is 11.3 Å². The topological polar surface area (TPSA) is 42.7 Å². The fourth-order valence-electron chi connectivity index (χ4n) is 1.69. The number of hydrogen-bond donors (Lipinski definition) is 0. The summed E-state index contributed by atoms with van der Waals surface area (Å²) in [5.41, 5.74) is -0.506. The van der Waals surface area contributed by atoms with Crippen molar-refractivity contribution < 1.29 is 13.9 Å². The zero-order valence-corrected chi connectivity index (χ0v) is 12.8. The summed E-state index contributed by atoms with van der Waals surface area (Å²) < 4.78 is 10.8. The molecule has 0 aromatic carbocycles. The molecule has 0 aliphatic carbocycles. The molecule has 20 heavy (non-hydrogen) atoms. The van der Waals surface area contributed by atoms with Crippen molar-refractivity contribution in [1.82, 2.24) is 4.90 Å². The van der Waals surface area contributed by atoms with Crippen molar-refractivity contribution in [3.8, 4) is 0 Å². The summed E-state index contributed by atoms with van der Waals surface area (Å²) in [6.07, 6.45) is 1.27. The van der Waals surface area contributed by atoms with E-state index in [-0.39, 0.29) is 6.09 Å². The molecule has 2 aromatic heterocycles. The molecule has 0 fully saturated rings. The van der Waals surface area contributed by atoms with Crippen molar-refractivity contribution in [2.75, 3.05) is 0 Å². The van der Waals surface area contributed by atoms with Gasteiger partial charge in [0.25, 0.3) is 0 Å². The average molecular weight is 293 g/mol. The third-order valence-corrected chi connectivity index (χ3v) is 3.37. The van der Waals surface area contributed by atoms with Crippen LogP contribution in [0.1, 0.15) is 31.4 Å². The highest BCUT2D eigenvalue weighted by Crippen LogP contribution is 2.18. The first-order chi connectivity index (χ1) is 9.44. The molecule has 0 spiro atoms. The maximum atomic E-state index is 12.3. The number of thiophene rings is 1. The van der Waals surface area contributed by atoms with Gasteiger partial charge in [-0.15, -0.1) is 11.3 Å². The monoisotopic (exact) mass is 293 g/mol. The smallest absolute Gasteiger partial charge is 0.411 e. The molecule has 0 radical (unpaired) electrons. The SMILES string of the molecule is CC(C)(C)OC(=O)N(Cc1ccco1)Cc1cccs1. The second-order valence-electron chi connectivity index (χ2n) is 5.50. The minimum atomic E-state index is -0.506. The highest BCUT2D eigenvalue weighted by molar-refractivity contribution is 7.09. The standard InChI is InChI=1S/C15H19NO3S/c1-15(2,3)19-14(17)16(10-12-6-4-8-18-12)11-13-7-5-9-20-13/h4-9H,10-11H2,1-3H3. The van der Waals surface area contributed by atoms with Crippen molar-refractivity contribution in [3.63, 3.8) is 0 Å². The van der Waals surface area contributed by atoms with Crippen molar-refractivity contribution in [2.24, 2.45) is 0 Å². The van der Waals surface area contributed by atoms with Crippen LogP contribution in [0.5, 0.6) is 0 Å². The Kier molecular flexibility index (Phi) is 4.49. The van der Waals surface area contributed by atoms with Gasteiger partial charge in [-0.05, 0) is 44.4 Å². The minimum absolute atomic E-state index is 0.331. The van der Waals surface area contributed by atoms with Gasteiger partial charge in [-0.1, -0.05) is 6.07 Å². The molecule has 0 N–H and O–H groups in total. The van der Waals surface area contributed by atoms with Crippen LogP contribution < -0.4 is 0 Å². The summed E-state index contributed by atoms with van der Waals surface area (Å²) in [4.78, 5) is 15.0. The summed E-state index contributed by atoms with van der Waals surface area (Å²) in [6, 6.07) is 7.64. The Morgan fingerprint density at radius 1 is 1.30 bits per heavy atom. The first-order valence-corrected chi connectivity index (χ1v) is 7.35. The summed E-state index contributed by atoms with van der Waals surface area (Å²) in [6.45, 7) is 6.51. The van der Waals surface area contributed by atoms with Crippen LogP contribution in [0.3, 0.4) is 0 Å². The van der Waals surface area contributed by atoms with Crippen molar-refractivity contribution in [3.05, 3.63) is 46.5 Å². The van der Waals surface area contributed by atoms with E-state index in [0.29, 0.717) is 13.1 Å². The average Bonchev–Trinajstić information content (AvgIpc) is 2.98. The summed E-state index contributed by atoms with van der Waals surface area (Å²) in [7, 11) is 0. The van der Waals surface area contributed by atoms with Crippen LogP contribution in [-0.2, 0) is 17.8 Å². The lowest BCUT2D eigenvalue weighted by Gasteiger charge is -2.26. The minimum Gasteiger partial charge on any atom is -0.467 e. The van der Waals surface area contributed by atoms with E-state index in [2.05, 4.69) is 0 Å². The Labute approximate surface area is 123 Å². The van der Waals surface area contributed by atoms with Crippen LogP contribution in [-0.4, -0.2) is 16.6 Å². The number of carbonyl (C=O) groups excluding carboxylic acids is 1. The second kappa shape index (κ2) is 6.13. The van der Waals surface area contributed by atoms with Crippen molar-refractivity contribution in [2.45, 2.75) is 39.5 Å². The van der Waals surface area contributed by atoms with Gasteiger partial charge in [-0.2, -0.15) is 0 Å². The molecule has 2 rings (SSSR count). The third-order valence-electron chi connectivity index (χ3n) is 2.51. The molecule has 0 unspecified atom stereocenters. The van der Waals surface area contributed by atoms with Crippen LogP contribution in [0.25, 0.3) is 0 Å². The summed E-state index contributed by atoms with van der Waals surface area (Å²) >= 11 is 1.62. The molecule has 5 heteroatoms. The maximum Gasteiger partial charge on any atom is 0.411 e. The summed E-state index contributed by atoms with van der Waals surface area (Å²) in [5, 5.41) is 2.00. The summed E-state index contributed by atoms with van der Waals surface area (Å²) in [5.74, 6) is 0.743. The van der Waals surface area contributed by atoms with Gasteiger partial charge in [0, 0.05) is 4.88 Å². The van der Waals surface area contributed by atoms with E-state index in [0.717, 1.165) is 10.6 Å². The van der Waals surface area contributed by atoms with Crippen molar-refractivity contribution >= 4 is 17.4 Å². The molecule has 0 aliphatic rings. The molecule has 0 atom stereocenters. The van der Waals surface area contributed by atoms with Gasteiger partial charge in [0.2, 0.25) is 0 Å². The lowest BCUT2D eigenvalue weighted by molar-refractivity contribution is 0.0206. The van der Waals surface area contributed by atoms with Crippen LogP contribution in [0.15, 0.2) is 40.3 Å². The molecular formula is C15H19NO3S. The van der Waals surface area contributed by atoms with Crippen molar-refractivity contribution in [1.29, 1.82) is 0 Å². The van der Waals surface area contributed by atoms with Crippen LogP contribution in [0, 0.1) is 0 Å². The van der Waals surface area contributed by atoms with Gasteiger partial charge in [0.1, 0.15) is 11.4 Å². The molecule has 0 aliphatic heterocycles. The number of furan rings is 1. The van der Waals surface area contributed by atoms with E-state index >= 15 is 0 Å². The van der Waals surface area contributed by atoms with E-state index in [1.165, 1.54) is 0 Å². The highest BCUT2D eigenvalue weighted by atomic mass is 32.1. The fourth-order valence-corrected chi connectivity index (χ4v) is 2.41. The van der Waals surface area contributed by atoms with E-state index < -0.39 is 5.60 Å². The molecule has 4 nitrogen and oxygen atoms in total. The number of ether oxygens (including phenoxy) is 1. The zero-order valence-electron chi connectivity index (χ0n) is 12.0. The first kappa shape index (κ1) is 14.7. The lowest BCUT2D eigenvalue weighted by Crippen LogP contribution is -2.35. The van der Waals surface area contributed by atoms with Gasteiger partial charge >= 0.3 is 6.09 Å². The molecule has 0 saturated heterocycles. The Balaban J connectivity index is 2.08. The normalized spacial score (nSPS) is 11.3. The van der Waals surface area contributed by atoms with E-state index in [9.17, 15) is 4.79 Å². The maximum absolute atomic E-state index is 12.3. The molecular weight excluding hydrogens is 274 g/mol. The van der Waals surface area contributed by atoms with Gasteiger partial charge in [0.05, 0.1) is 19.4 Å². The Hall–Kier alpha value is -1.75. The Bertz CT molecular complexity index is 490. The molecule has 0 bridgehead atoms. The molecule has 108 valence electrons. The molecule has 2 aromatic rings. The molecule has 0 saturated carbocycles. The Morgan fingerprint density at radius 3 is 2.65 bits per heavy atom. The van der Waals surface area contributed by atoms with E-state index in [4.69, 9.17) is 9.15 Å². The predicted molar refractivity (Wildman–Crippen MR) is 78.5 cm³/mol. The van der Waals surface area contributed by atoms with Gasteiger partial charge in [0.15, 0.2) is 0 Å². The molecule has 1 amide bonds. The number of rotatable bonds is 4. The van der Waals surface area contributed by atoms with E-state index in [1.54, 1.807) is 22.5 Å². The lowest BCUT2D eigenvalue weighted by atomic mass is 10.2. The third kappa shape index (κ3) is 4.42. The number of nitrogens with zero attached hydrogens (tertiary/aromatic N) is 1. The number of hydrogen-bond acceptors (Lipinski definition) is 4. The number of amides is 1. The van der Waals surface area contributed by atoms with Gasteiger partial charge < -0.3 is 9.15 Å². The molecule has 2 heterocycles. The second-order valence-corrected chi connectivity index (χ2v) is 6.53. The van der Waals surface area contributed by atoms with Crippen LogP contribution in [0.4, 0.5) is 4.79 Å². The fraction of sp³-hybridized carbons (Fsp3) is 0.400. The van der Waals surface area contributed by atoms with Gasteiger partial charge in [-0.25, -0.2) is 4.79 Å². The van der Waals surface area contributed by atoms with E-state index in [1.807, 2.05) is 50.4 Å². The van der Waals surface area contributed by atoms with Gasteiger partial charge in [-0.3, -0.25) is 4.90 Å². The highest BCUT2D eigenvalue weighted by Gasteiger charge is 2.23. The quantitative estimate of drug-likeness (QED) is 0.845. The predicted octanol–water partition coefficient (Wildman–Crippen LogP) is 4.28. The number of carbonyl (C=O) groups is 1. The Morgan fingerprint density at radius 2 is 2.10 bits per heavy atom. The largest absolute Gasteiger partial charge is 0.467 e. The first-order valence-electron chi connectivity index (χ1n) is 6.47. The van der Waals surface area contributed by atoms with Crippen LogP contribution in [0.2, 0.25) is 0 Å².